The molecule has 2 aliphatic carbocycles. The maximum Gasteiger partial charge on any atom is 0.169 e. The number of aromatic nitrogens is 1. The van der Waals surface area contributed by atoms with Crippen LogP contribution in [0.25, 0.3) is 0 Å². The van der Waals surface area contributed by atoms with Crippen molar-refractivity contribution in [2.45, 2.75) is 45.4 Å². The number of Topliss-reactive ketones (excluding diaryl/α,β-unsaturated/α-hetero) is 1. The van der Waals surface area contributed by atoms with Gasteiger partial charge in [0.05, 0.1) is 6.61 Å². The highest BCUT2D eigenvalue weighted by molar-refractivity contribution is 6.02. The zero-order chi connectivity index (χ0) is 15.8. The lowest BCUT2D eigenvalue weighted by Crippen LogP contribution is -2.47. The van der Waals surface area contributed by atoms with E-state index in [2.05, 4.69) is 9.88 Å². The fraction of sp³-hybridized carbons (Fsp3) is 0.737. The van der Waals surface area contributed by atoms with Gasteiger partial charge in [-0.3, -0.25) is 4.79 Å². The van der Waals surface area contributed by atoms with Gasteiger partial charge in [0.15, 0.2) is 5.78 Å². The first-order valence-corrected chi connectivity index (χ1v) is 9.34. The van der Waals surface area contributed by atoms with Gasteiger partial charge in [-0.25, -0.2) is 0 Å². The highest BCUT2D eigenvalue weighted by Crippen LogP contribution is 2.39. The summed E-state index contributed by atoms with van der Waals surface area (Å²) in [6.45, 7) is 6.59. The van der Waals surface area contributed by atoms with Crippen molar-refractivity contribution in [3.05, 3.63) is 22.5 Å². The molecule has 1 fully saturated rings. The molecule has 3 aliphatic rings. The normalized spacial score (nSPS) is 27.4. The third kappa shape index (κ3) is 2.76. The van der Waals surface area contributed by atoms with Crippen molar-refractivity contribution in [3.8, 4) is 0 Å². The van der Waals surface area contributed by atoms with E-state index in [-0.39, 0.29) is 5.92 Å². The molecule has 0 saturated carbocycles. The zero-order valence-corrected chi connectivity index (χ0v) is 14.2. The summed E-state index contributed by atoms with van der Waals surface area (Å²) in [5.74, 6) is 1.18. The van der Waals surface area contributed by atoms with Crippen LogP contribution in [0, 0.1) is 11.8 Å². The highest BCUT2D eigenvalue weighted by atomic mass is 16.5. The van der Waals surface area contributed by atoms with Crippen molar-refractivity contribution in [2.75, 3.05) is 32.8 Å². The summed E-state index contributed by atoms with van der Waals surface area (Å²) < 4.78 is 5.49. The van der Waals surface area contributed by atoms with E-state index < -0.39 is 0 Å². The predicted octanol–water partition coefficient (Wildman–Crippen LogP) is 2.61. The minimum atomic E-state index is 0.208. The smallest absolute Gasteiger partial charge is 0.169 e. The lowest BCUT2D eigenvalue weighted by Gasteiger charge is -2.40. The van der Waals surface area contributed by atoms with E-state index in [1.165, 1.54) is 29.8 Å². The molecule has 0 bridgehead atoms. The molecular weight excluding hydrogens is 288 g/mol. The summed E-state index contributed by atoms with van der Waals surface area (Å²) in [4.78, 5) is 19.2. The molecule has 4 nitrogen and oxygen atoms in total. The van der Waals surface area contributed by atoms with Crippen LogP contribution in [0.3, 0.4) is 0 Å². The number of nitrogens with zero attached hydrogens (tertiary/aromatic N) is 1. The van der Waals surface area contributed by atoms with E-state index in [9.17, 15) is 4.79 Å². The molecule has 1 saturated heterocycles. The average Bonchev–Trinajstić information content (AvgIpc) is 2.94. The molecule has 1 aliphatic heterocycles. The molecule has 0 radical (unpaired) electrons. The van der Waals surface area contributed by atoms with Crippen LogP contribution in [0.1, 0.15) is 53.5 Å². The molecule has 23 heavy (non-hydrogen) atoms. The first-order chi connectivity index (χ1) is 11.3. The molecule has 126 valence electrons. The van der Waals surface area contributed by atoms with E-state index in [4.69, 9.17) is 4.74 Å². The Balaban J connectivity index is 1.53. The van der Waals surface area contributed by atoms with E-state index in [0.717, 1.165) is 64.1 Å². The number of nitrogens with one attached hydrogen (secondary N) is 1. The van der Waals surface area contributed by atoms with Crippen molar-refractivity contribution in [2.24, 2.45) is 11.8 Å². The van der Waals surface area contributed by atoms with Crippen LogP contribution in [-0.2, 0) is 24.0 Å². The number of aryl methyl sites for hydroxylation is 1. The molecule has 2 atom stereocenters. The lowest BCUT2D eigenvalue weighted by molar-refractivity contribution is 0.0539. The number of aromatic amines is 1. The monoisotopic (exact) mass is 316 g/mol. The molecule has 0 amide bonds. The standard InChI is InChI=1S/C19H28N2O2/c1-2-23-10-9-21-8-7-13-11-17-18(19(22)15(13)12-21)14-5-3-4-6-16(14)20-17/h13,15,20H,2-12H2,1H3/t13-,15+/m0/s1. The summed E-state index contributed by atoms with van der Waals surface area (Å²) in [5.41, 5.74) is 5.07. The molecule has 2 heterocycles. The third-order valence-electron chi connectivity index (χ3n) is 6.02. The van der Waals surface area contributed by atoms with E-state index >= 15 is 0 Å². The minimum absolute atomic E-state index is 0.208. The first kappa shape index (κ1) is 15.4. The molecule has 0 spiro atoms. The molecule has 0 aromatic carbocycles. The maximum atomic E-state index is 13.2. The van der Waals surface area contributed by atoms with Crippen LogP contribution in [-0.4, -0.2) is 48.5 Å². The Morgan fingerprint density at radius 1 is 1.26 bits per heavy atom. The summed E-state index contributed by atoms with van der Waals surface area (Å²) in [6.07, 6.45) is 6.95. The molecule has 4 rings (SSSR count). The number of H-pyrrole nitrogens is 1. The fourth-order valence-corrected chi connectivity index (χ4v) is 4.79. The molecule has 1 N–H and O–H groups in total. The maximum absolute atomic E-state index is 13.2. The molecule has 1 aromatic rings. The molecule has 4 heteroatoms. The van der Waals surface area contributed by atoms with Gasteiger partial charge in [-0.2, -0.15) is 0 Å². The predicted molar refractivity (Wildman–Crippen MR) is 90.0 cm³/mol. The minimum Gasteiger partial charge on any atom is -0.380 e. The van der Waals surface area contributed by atoms with Gasteiger partial charge in [-0.1, -0.05) is 0 Å². The Bertz CT molecular complexity index is 592. The number of hydrogen-bond acceptors (Lipinski definition) is 3. The van der Waals surface area contributed by atoms with Crippen LogP contribution in [0.5, 0.6) is 0 Å². The van der Waals surface area contributed by atoms with Crippen LogP contribution in [0.4, 0.5) is 0 Å². The van der Waals surface area contributed by atoms with Gasteiger partial charge in [-0.05, 0) is 63.5 Å². The number of piperidine rings is 1. The van der Waals surface area contributed by atoms with Crippen molar-refractivity contribution in [1.82, 2.24) is 9.88 Å². The average molecular weight is 316 g/mol. The topological polar surface area (TPSA) is 45.3 Å². The van der Waals surface area contributed by atoms with Gasteiger partial charge in [-0.15, -0.1) is 0 Å². The van der Waals surface area contributed by atoms with Gasteiger partial charge in [0.1, 0.15) is 0 Å². The van der Waals surface area contributed by atoms with Gasteiger partial charge in [0, 0.05) is 42.6 Å². The van der Waals surface area contributed by atoms with Crippen LogP contribution in [0.2, 0.25) is 0 Å². The van der Waals surface area contributed by atoms with Gasteiger partial charge in [0.2, 0.25) is 0 Å². The zero-order valence-electron chi connectivity index (χ0n) is 14.2. The van der Waals surface area contributed by atoms with Crippen molar-refractivity contribution in [3.63, 3.8) is 0 Å². The number of hydrogen-bond donors (Lipinski definition) is 1. The van der Waals surface area contributed by atoms with Crippen LogP contribution >= 0.6 is 0 Å². The van der Waals surface area contributed by atoms with E-state index in [1.807, 2.05) is 6.92 Å². The number of carbonyl (C=O) groups excluding carboxylic acids is 1. The number of carbonyl (C=O) groups is 1. The lowest BCUT2D eigenvalue weighted by atomic mass is 9.72. The second-order valence-electron chi connectivity index (χ2n) is 7.36. The summed E-state index contributed by atoms with van der Waals surface area (Å²) >= 11 is 0. The van der Waals surface area contributed by atoms with Gasteiger partial charge in [0.25, 0.3) is 0 Å². The van der Waals surface area contributed by atoms with E-state index in [1.54, 1.807) is 0 Å². The Morgan fingerprint density at radius 2 is 2.13 bits per heavy atom. The largest absolute Gasteiger partial charge is 0.380 e. The number of likely N-dealkylation sites (tertiary alicyclic amines) is 1. The van der Waals surface area contributed by atoms with Crippen LogP contribution in [0.15, 0.2) is 0 Å². The van der Waals surface area contributed by atoms with Gasteiger partial charge < -0.3 is 14.6 Å². The fourth-order valence-electron chi connectivity index (χ4n) is 4.79. The number of rotatable bonds is 4. The van der Waals surface area contributed by atoms with Crippen molar-refractivity contribution >= 4 is 5.78 Å². The Hall–Kier alpha value is -1.13. The Morgan fingerprint density at radius 3 is 3.00 bits per heavy atom. The summed E-state index contributed by atoms with van der Waals surface area (Å²) in [6, 6.07) is 0. The third-order valence-corrected chi connectivity index (χ3v) is 6.02. The Labute approximate surface area is 138 Å². The van der Waals surface area contributed by atoms with E-state index in [0.29, 0.717) is 11.7 Å². The Kier molecular flexibility index (Phi) is 4.29. The van der Waals surface area contributed by atoms with Crippen molar-refractivity contribution < 1.29 is 9.53 Å². The molecular formula is C19H28N2O2. The second-order valence-corrected chi connectivity index (χ2v) is 7.36. The SMILES string of the molecule is CCOCCN1CC[C@H]2Cc3[nH]c4c(c3C(=O)[C@@H]2C1)CCCC4. The second kappa shape index (κ2) is 6.40. The molecule has 0 unspecified atom stereocenters. The van der Waals surface area contributed by atoms with Crippen molar-refractivity contribution in [1.29, 1.82) is 0 Å². The summed E-state index contributed by atoms with van der Waals surface area (Å²) in [5, 5.41) is 0. The number of ether oxygens (including phenoxy) is 1. The molecule has 1 aromatic heterocycles. The van der Waals surface area contributed by atoms with Gasteiger partial charge >= 0.3 is 0 Å². The highest BCUT2D eigenvalue weighted by Gasteiger charge is 2.41. The first-order valence-electron chi connectivity index (χ1n) is 9.34. The number of fused-ring (bicyclic) bond motifs is 4. The van der Waals surface area contributed by atoms with Crippen LogP contribution < -0.4 is 0 Å². The number of ketones is 1. The quantitative estimate of drug-likeness (QED) is 0.869. The summed E-state index contributed by atoms with van der Waals surface area (Å²) in [7, 11) is 0.